The lowest BCUT2D eigenvalue weighted by atomic mass is 10.2. The molecule has 1 N–H and O–H groups in total. The molecule has 0 saturated carbocycles. The summed E-state index contributed by atoms with van der Waals surface area (Å²) >= 11 is 0. The van der Waals surface area contributed by atoms with Crippen LogP contribution in [0, 0.1) is 0 Å². The van der Waals surface area contributed by atoms with E-state index in [-0.39, 0.29) is 0 Å². The van der Waals surface area contributed by atoms with Crippen LogP contribution in [0.2, 0.25) is 0 Å². The molecule has 0 bridgehead atoms. The van der Waals surface area contributed by atoms with E-state index in [4.69, 9.17) is 0 Å². The summed E-state index contributed by atoms with van der Waals surface area (Å²) in [7, 11) is 8.09. The minimum absolute atomic E-state index is 1.11. The van der Waals surface area contributed by atoms with Gasteiger partial charge in [0.1, 0.15) is 0 Å². The van der Waals surface area contributed by atoms with Gasteiger partial charge in [-0.3, -0.25) is 0 Å². The van der Waals surface area contributed by atoms with Crippen molar-refractivity contribution in [1.29, 1.82) is 0 Å². The Kier molecular flexibility index (Phi) is 7.61. The van der Waals surface area contributed by atoms with Crippen LogP contribution >= 0.6 is 0 Å². The van der Waals surface area contributed by atoms with Gasteiger partial charge in [-0.1, -0.05) is 6.42 Å². The van der Waals surface area contributed by atoms with Crippen molar-refractivity contribution in [3.05, 3.63) is 0 Å². The minimum atomic E-state index is 1.11. The second-order valence-corrected chi connectivity index (χ2v) is 5.49. The summed E-state index contributed by atoms with van der Waals surface area (Å²) in [5, 5.41) is 3.41. The van der Waals surface area contributed by atoms with Gasteiger partial charge in [-0.15, -0.1) is 0 Å². The van der Waals surface area contributed by atoms with Gasteiger partial charge in [0.25, 0.3) is 0 Å². The number of hydrogen-bond acceptors (Lipinski definition) is 1. The Hall–Kier alpha value is 0.137. The van der Waals surface area contributed by atoms with Gasteiger partial charge in [-0.25, -0.2) is 0 Å². The van der Waals surface area contributed by atoms with Crippen molar-refractivity contribution >= 4 is 10.2 Å². The summed E-state index contributed by atoms with van der Waals surface area (Å²) in [6.45, 7) is 2.54. The maximum Gasteiger partial charge on any atom is 0.0780 e. The highest BCUT2D eigenvalue weighted by atomic mass is 28.1. The van der Waals surface area contributed by atoms with Gasteiger partial charge in [0, 0.05) is 10.2 Å². The highest BCUT2D eigenvalue weighted by molar-refractivity contribution is 6.08. The number of hydrogen-bond donors (Lipinski definition) is 1. The zero-order valence-corrected chi connectivity index (χ0v) is 11.9. The monoisotopic (exact) mass is 203 g/mol. The topological polar surface area (TPSA) is 12.0 Å². The van der Waals surface area contributed by atoms with Crippen LogP contribution in [0.4, 0.5) is 0 Å². The maximum absolute atomic E-state index is 3.41. The number of quaternary nitrogens is 1. The fraction of sp³-hybridized carbons (Fsp3) is 1.00. The van der Waals surface area contributed by atoms with Gasteiger partial charge >= 0.3 is 0 Å². The summed E-state index contributed by atoms with van der Waals surface area (Å²) in [6, 6.07) is 0. The van der Waals surface area contributed by atoms with E-state index in [9.17, 15) is 0 Å². The highest BCUT2D eigenvalue weighted by Crippen LogP contribution is 2.02. The lowest BCUT2D eigenvalue weighted by Crippen LogP contribution is -2.35. The minimum Gasteiger partial charge on any atom is -0.331 e. The molecule has 0 aliphatic rings. The Labute approximate surface area is 86.7 Å². The molecule has 0 unspecified atom stereocenters. The Morgan fingerprint density at radius 3 is 2.15 bits per heavy atom. The smallest absolute Gasteiger partial charge is 0.0780 e. The molecular formula is C10H27N2Si+. The zero-order valence-electron chi connectivity index (χ0n) is 9.90. The van der Waals surface area contributed by atoms with E-state index >= 15 is 0 Å². The van der Waals surface area contributed by atoms with Crippen LogP contribution in [0.3, 0.4) is 0 Å². The fourth-order valence-electron chi connectivity index (χ4n) is 1.37. The van der Waals surface area contributed by atoms with Gasteiger partial charge < -0.3 is 9.80 Å². The molecule has 0 aliphatic carbocycles. The fourth-order valence-corrected chi connectivity index (χ4v) is 1.72. The SMILES string of the molecule is C[N+](C)(C)CCCCCCNC[SiH3]. The molecule has 0 saturated heterocycles. The van der Waals surface area contributed by atoms with Crippen LogP contribution in [-0.4, -0.2) is 55.1 Å². The van der Waals surface area contributed by atoms with Crippen molar-refractivity contribution in [2.45, 2.75) is 25.7 Å². The van der Waals surface area contributed by atoms with E-state index in [1.807, 2.05) is 0 Å². The molecule has 0 fully saturated rings. The lowest BCUT2D eigenvalue weighted by Gasteiger charge is -2.23. The molecule has 0 aromatic carbocycles. The summed E-state index contributed by atoms with van der Waals surface area (Å²) in [5.41, 5.74) is 0. The molecule has 80 valence electrons. The normalized spacial score (nSPS) is 12.2. The van der Waals surface area contributed by atoms with Gasteiger partial charge in [-0.05, 0) is 32.0 Å². The number of nitrogens with one attached hydrogen (secondary N) is 1. The lowest BCUT2D eigenvalue weighted by molar-refractivity contribution is -0.870. The Morgan fingerprint density at radius 1 is 1.00 bits per heavy atom. The molecule has 13 heavy (non-hydrogen) atoms. The van der Waals surface area contributed by atoms with Crippen LogP contribution in [0.25, 0.3) is 0 Å². The molecule has 0 amide bonds. The molecule has 0 radical (unpaired) electrons. The molecule has 0 aromatic rings. The van der Waals surface area contributed by atoms with Crippen molar-refractivity contribution in [3.63, 3.8) is 0 Å². The second-order valence-electron chi connectivity index (χ2n) is 4.78. The standard InChI is InChI=1S/C10H27N2Si/c1-12(2,3)9-7-5-4-6-8-11-10-13/h11H,4-10H2,1-3,13H3/q+1. The molecule has 0 heterocycles. The van der Waals surface area contributed by atoms with Crippen molar-refractivity contribution in [3.8, 4) is 0 Å². The quantitative estimate of drug-likeness (QED) is 0.337. The Balaban J connectivity index is 3.00. The van der Waals surface area contributed by atoms with Crippen LogP contribution in [0.5, 0.6) is 0 Å². The van der Waals surface area contributed by atoms with Gasteiger partial charge in [0.05, 0.1) is 27.7 Å². The average molecular weight is 203 g/mol. The Bertz CT molecular complexity index is 110. The third-order valence-corrected chi connectivity index (χ3v) is 2.68. The maximum atomic E-state index is 3.41. The first kappa shape index (κ1) is 13.1. The molecule has 0 spiro atoms. The van der Waals surface area contributed by atoms with E-state index in [0.717, 1.165) is 4.48 Å². The van der Waals surface area contributed by atoms with Crippen molar-refractivity contribution < 1.29 is 4.48 Å². The van der Waals surface area contributed by atoms with E-state index in [2.05, 4.69) is 26.5 Å². The number of nitrogens with zero attached hydrogens (tertiary/aromatic N) is 1. The van der Waals surface area contributed by atoms with Crippen molar-refractivity contribution in [2.75, 3.05) is 40.4 Å². The summed E-state index contributed by atoms with van der Waals surface area (Å²) in [6.07, 6.45) is 6.79. The average Bonchev–Trinajstić information content (AvgIpc) is 2.01. The predicted molar refractivity (Wildman–Crippen MR) is 64.2 cm³/mol. The van der Waals surface area contributed by atoms with Crippen LogP contribution in [-0.2, 0) is 0 Å². The summed E-state index contributed by atoms with van der Waals surface area (Å²) in [5.74, 6) is 0. The van der Waals surface area contributed by atoms with E-state index in [1.54, 1.807) is 0 Å². The third-order valence-electron chi connectivity index (χ3n) is 2.18. The number of unbranched alkanes of at least 4 members (excludes halogenated alkanes) is 3. The summed E-state index contributed by atoms with van der Waals surface area (Å²) < 4.78 is 1.11. The predicted octanol–water partition coefficient (Wildman–Crippen LogP) is 0.165. The van der Waals surface area contributed by atoms with Gasteiger partial charge in [-0.2, -0.15) is 0 Å². The molecule has 3 heteroatoms. The Morgan fingerprint density at radius 2 is 1.62 bits per heavy atom. The second kappa shape index (κ2) is 7.53. The van der Waals surface area contributed by atoms with Crippen molar-refractivity contribution in [1.82, 2.24) is 5.32 Å². The van der Waals surface area contributed by atoms with E-state index in [0.29, 0.717) is 0 Å². The molecule has 0 aromatic heterocycles. The largest absolute Gasteiger partial charge is 0.331 e. The number of rotatable bonds is 8. The molecule has 2 nitrogen and oxygen atoms in total. The molecule has 0 aliphatic heterocycles. The molecule has 0 rings (SSSR count). The van der Waals surface area contributed by atoms with Gasteiger partial charge in [0.15, 0.2) is 0 Å². The highest BCUT2D eigenvalue weighted by Gasteiger charge is 2.04. The third kappa shape index (κ3) is 12.1. The van der Waals surface area contributed by atoms with Crippen LogP contribution in [0.1, 0.15) is 25.7 Å². The summed E-state index contributed by atoms with van der Waals surface area (Å²) in [4.78, 5) is 0. The zero-order chi connectivity index (χ0) is 10.2. The van der Waals surface area contributed by atoms with Gasteiger partial charge in [0.2, 0.25) is 0 Å². The van der Waals surface area contributed by atoms with E-state index in [1.165, 1.54) is 55.2 Å². The molecular weight excluding hydrogens is 176 g/mol. The van der Waals surface area contributed by atoms with Crippen LogP contribution < -0.4 is 5.32 Å². The van der Waals surface area contributed by atoms with Crippen LogP contribution in [0.15, 0.2) is 0 Å². The first-order chi connectivity index (χ1) is 6.06. The van der Waals surface area contributed by atoms with E-state index < -0.39 is 0 Å². The first-order valence-electron chi connectivity index (χ1n) is 5.57. The first-order valence-corrected chi connectivity index (χ1v) is 6.99. The molecule has 0 atom stereocenters. The van der Waals surface area contributed by atoms with Crippen molar-refractivity contribution in [2.24, 2.45) is 0 Å².